The van der Waals surface area contributed by atoms with Gasteiger partial charge in [-0.1, -0.05) is 31.9 Å². The Bertz CT molecular complexity index is 191. The van der Waals surface area contributed by atoms with Crippen molar-refractivity contribution in [3.63, 3.8) is 0 Å². The van der Waals surface area contributed by atoms with E-state index in [0.717, 1.165) is 0 Å². The quantitative estimate of drug-likeness (QED) is 0.636. The Morgan fingerprint density at radius 1 is 0.917 bits per heavy atom. The first-order valence-electron chi connectivity index (χ1n) is 4.30. The molecule has 3 rings (SSSR count). The van der Waals surface area contributed by atoms with E-state index in [1.165, 1.54) is 6.42 Å². The first-order chi connectivity index (χ1) is 5.79. The maximum Gasteiger partial charge on any atom is 0.147 e. The van der Waals surface area contributed by atoms with E-state index in [1.54, 1.807) is 0 Å². The molecule has 3 aliphatic rings. The van der Waals surface area contributed by atoms with Gasteiger partial charge < -0.3 is 9.47 Å². The molecule has 0 N–H and O–H groups in total. The molecule has 2 bridgehead atoms. The Morgan fingerprint density at radius 2 is 1.42 bits per heavy atom. The van der Waals surface area contributed by atoms with Crippen molar-refractivity contribution in [2.75, 3.05) is 6.79 Å². The zero-order chi connectivity index (χ0) is 8.29. The lowest BCUT2D eigenvalue weighted by atomic mass is 9.95. The molecule has 1 saturated heterocycles. The molecule has 0 aromatic heterocycles. The lowest BCUT2D eigenvalue weighted by Crippen LogP contribution is -2.41. The Kier molecular flexibility index (Phi) is 1.84. The van der Waals surface area contributed by atoms with Crippen molar-refractivity contribution >= 4 is 31.9 Å². The third kappa shape index (κ3) is 0.873. The molecule has 0 aromatic rings. The van der Waals surface area contributed by atoms with E-state index in [2.05, 4.69) is 31.9 Å². The number of hydrogen-bond acceptors (Lipinski definition) is 2. The highest BCUT2D eigenvalue weighted by atomic mass is 79.9. The number of halogens is 2. The highest BCUT2D eigenvalue weighted by Gasteiger charge is 2.59. The van der Waals surface area contributed by atoms with E-state index in [0.29, 0.717) is 40.5 Å². The second-order valence-corrected chi connectivity index (χ2v) is 5.95. The molecule has 0 radical (unpaired) electrons. The first-order valence-corrected chi connectivity index (χ1v) is 6.13. The van der Waals surface area contributed by atoms with E-state index in [1.807, 2.05) is 0 Å². The number of fused-ring (bicyclic) bond motifs is 5. The van der Waals surface area contributed by atoms with Gasteiger partial charge in [0.05, 0.1) is 12.2 Å². The van der Waals surface area contributed by atoms with Crippen LogP contribution < -0.4 is 0 Å². The van der Waals surface area contributed by atoms with Crippen molar-refractivity contribution in [1.82, 2.24) is 0 Å². The van der Waals surface area contributed by atoms with Crippen LogP contribution in [0.15, 0.2) is 0 Å². The molecule has 2 aliphatic carbocycles. The van der Waals surface area contributed by atoms with Crippen LogP contribution in [0.25, 0.3) is 0 Å². The van der Waals surface area contributed by atoms with Crippen LogP contribution in [-0.4, -0.2) is 28.7 Å². The summed E-state index contributed by atoms with van der Waals surface area (Å²) in [5.74, 6) is 1.32. The van der Waals surface area contributed by atoms with Gasteiger partial charge in [0.2, 0.25) is 0 Å². The lowest BCUT2D eigenvalue weighted by Gasteiger charge is -2.29. The summed E-state index contributed by atoms with van der Waals surface area (Å²) >= 11 is 7.43. The van der Waals surface area contributed by atoms with Crippen molar-refractivity contribution in [2.45, 2.75) is 28.3 Å². The minimum Gasteiger partial charge on any atom is -0.349 e. The van der Waals surface area contributed by atoms with Crippen molar-refractivity contribution in [3.8, 4) is 0 Å². The molecule has 68 valence electrons. The fourth-order valence-electron chi connectivity index (χ4n) is 2.80. The van der Waals surface area contributed by atoms with Gasteiger partial charge in [-0.2, -0.15) is 0 Å². The smallest absolute Gasteiger partial charge is 0.147 e. The molecule has 6 atom stereocenters. The lowest BCUT2D eigenvalue weighted by molar-refractivity contribution is 0.0176. The van der Waals surface area contributed by atoms with Gasteiger partial charge in [0.25, 0.3) is 0 Å². The summed E-state index contributed by atoms with van der Waals surface area (Å²) < 4.78 is 11.1. The third-order valence-corrected chi connectivity index (χ3v) is 6.56. The first kappa shape index (κ1) is 8.21. The van der Waals surface area contributed by atoms with Gasteiger partial charge in [0, 0.05) is 21.5 Å². The van der Waals surface area contributed by atoms with Gasteiger partial charge >= 0.3 is 0 Å². The second kappa shape index (κ2) is 2.69. The van der Waals surface area contributed by atoms with Crippen LogP contribution in [0.1, 0.15) is 6.42 Å². The molecular weight excluding hydrogens is 288 g/mol. The number of rotatable bonds is 0. The number of ether oxygens (including phenoxy) is 2. The summed E-state index contributed by atoms with van der Waals surface area (Å²) in [5, 5.41) is 0. The maximum atomic E-state index is 5.56. The van der Waals surface area contributed by atoms with Crippen LogP contribution in [0, 0.1) is 11.8 Å². The summed E-state index contributed by atoms with van der Waals surface area (Å²) in [6.07, 6.45) is 1.99. The molecule has 2 nitrogen and oxygen atoms in total. The molecule has 3 fully saturated rings. The Balaban J connectivity index is 1.92. The van der Waals surface area contributed by atoms with E-state index in [-0.39, 0.29) is 0 Å². The predicted molar refractivity (Wildman–Crippen MR) is 51.6 cm³/mol. The summed E-state index contributed by atoms with van der Waals surface area (Å²) in [5.41, 5.74) is 0. The minimum absolute atomic E-state index is 0.369. The van der Waals surface area contributed by atoms with Gasteiger partial charge in [-0.05, 0) is 6.42 Å². The van der Waals surface area contributed by atoms with Crippen LogP contribution in [0.3, 0.4) is 0 Å². The van der Waals surface area contributed by atoms with Gasteiger partial charge in [-0.25, -0.2) is 0 Å². The van der Waals surface area contributed by atoms with Crippen molar-refractivity contribution in [1.29, 1.82) is 0 Å². The highest BCUT2D eigenvalue weighted by Crippen LogP contribution is 2.54. The molecule has 1 heterocycles. The van der Waals surface area contributed by atoms with Gasteiger partial charge in [-0.3, -0.25) is 0 Å². The standard InChI is InChI=1S/C8H10Br2O2/c9-5-3-1-4(6(5)10)8-7(3)11-2-12-8/h3-8H,1-2H2/t3-,4+,5+,6-,7+,8-. The third-order valence-electron chi connectivity index (χ3n) is 3.36. The Hall–Kier alpha value is 0.880. The van der Waals surface area contributed by atoms with Crippen LogP contribution in [0.4, 0.5) is 0 Å². The van der Waals surface area contributed by atoms with Gasteiger partial charge in [0.1, 0.15) is 6.79 Å². The fourth-order valence-corrected chi connectivity index (χ4v) is 4.62. The highest BCUT2D eigenvalue weighted by molar-refractivity contribution is 9.12. The fraction of sp³-hybridized carbons (Fsp3) is 1.00. The average Bonchev–Trinajstić information content (AvgIpc) is 2.63. The van der Waals surface area contributed by atoms with Crippen molar-refractivity contribution < 1.29 is 9.47 Å². The predicted octanol–water partition coefficient (Wildman–Crippen LogP) is 1.90. The van der Waals surface area contributed by atoms with Crippen LogP contribution >= 0.6 is 31.9 Å². The van der Waals surface area contributed by atoms with Gasteiger partial charge in [0.15, 0.2) is 0 Å². The Morgan fingerprint density at radius 3 is 1.92 bits per heavy atom. The number of hydrogen-bond donors (Lipinski definition) is 0. The second-order valence-electron chi connectivity index (χ2n) is 3.83. The average molecular weight is 298 g/mol. The van der Waals surface area contributed by atoms with Crippen LogP contribution in [-0.2, 0) is 9.47 Å². The van der Waals surface area contributed by atoms with Crippen LogP contribution in [0.5, 0.6) is 0 Å². The molecule has 2 saturated carbocycles. The minimum atomic E-state index is 0.369. The largest absolute Gasteiger partial charge is 0.349 e. The zero-order valence-corrected chi connectivity index (χ0v) is 9.62. The molecule has 0 unspecified atom stereocenters. The molecule has 12 heavy (non-hydrogen) atoms. The number of alkyl halides is 2. The van der Waals surface area contributed by atoms with E-state index < -0.39 is 0 Å². The SMILES string of the molecule is Br[C@@H]1[C@H](Br)[C@@H]2C[C@H]1[C@@H]1OCO[C@H]21. The molecular formula is C8H10Br2O2. The molecule has 4 heteroatoms. The van der Waals surface area contributed by atoms with Crippen molar-refractivity contribution in [2.24, 2.45) is 11.8 Å². The molecule has 0 spiro atoms. The summed E-state index contributed by atoms with van der Waals surface area (Å²) in [6, 6.07) is 0. The van der Waals surface area contributed by atoms with E-state index in [9.17, 15) is 0 Å². The van der Waals surface area contributed by atoms with Crippen molar-refractivity contribution in [3.05, 3.63) is 0 Å². The topological polar surface area (TPSA) is 18.5 Å². The summed E-state index contributed by atoms with van der Waals surface area (Å²) in [4.78, 5) is 1.15. The van der Waals surface area contributed by atoms with Gasteiger partial charge in [-0.15, -0.1) is 0 Å². The van der Waals surface area contributed by atoms with E-state index >= 15 is 0 Å². The normalized spacial score (nSPS) is 62.5. The maximum absolute atomic E-state index is 5.56. The van der Waals surface area contributed by atoms with E-state index in [4.69, 9.17) is 9.47 Å². The molecule has 0 amide bonds. The summed E-state index contributed by atoms with van der Waals surface area (Å²) in [7, 11) is 0. The monoisotopic (exact) mass is 296 g/mol. The Labute approximate surface area is 88.2 Å². The van der Waals surface area contributed by atoms with Crippen LogP contribution in [0.2, 0.25) is 0 Å². The molecule has 0 aromatic carbocycles. The zero-order valence-electron chi connectivity index (χ0n) is 6.45. The summed E-state index contributed by atoms with van der Waals surface area (Å²) in [6.45, 7) is 0.502. The molecule has 1 aliphatic heterocycles.